The van der Waals surface area contributed by atoms with Crippen LogP contribution in [0, 0.1) is 5.92 Å². The molecule has 0 spiro atoms. The third kappa shape index (κ3) is 1.46. The molecule has 0 unspecified atom stereocenters. The van der Waals surface area contributed by atoms with Crippen LogP contribution in [0.1, 0.15) is 25.8 Å². The fourth-order valence-corrected chi connectivity index (χ4v) is 3.18. The highest BCUT2D eigenvalue weighted by molar-refractivity contribution is 6.03. The summed E-state index contributed by atoms with van der Waals surface area (Å²) in [6.45, 7) is 2.28. The van der Waals surface area contributed by atoms with Gasteiger partial charge in [0.2, 0.25) is 5.95 Å². The van der Waals surface area contributed by atoms with Gasteiger partial charge in [0.25, 0.3) is 0 Å². The van der Waals surface area contributed by atoms with E-state index >= 15 is 0 Å². The van der Waals surface area contributed by atoms with Gasteiger partial charge in [-0.25, -0.2) is 4.98 Å². The van der Waals surface area contributed by atoms with Crippen LogP contribution in [0.3, 0.4) is 0 Å². The number of rotatable bonds is 1. The Kier molecular flexibility index (Phi) is 2.10. The van der Waals surface area contributed by atoms with Crippen molar-refractivity contribution in [2.75, 3.05) is 5.73 Å². The maximum absolute atomic E-state index is 6.12. The zero-order valence-electron chi connectivity index (χ0n) is 10.9. The Morgan fingerprint density at radius 3 is 2.79 bits per heavy atom. The van der Waals surface area contributed by atoms with Crippen LogP contribution in [-0.4, -0.2) is 14.5 Å². The van der Waals surface area contributed by atoms with Gasteiger partial charge in [0.1, 0.15) is 5.52 Å². The average Bonchev–Trinajstić information content (AvgIpc) is 2.71. The summed E-state index contributed by atoms with van der Waals surface area (Å²) in [7, 11) is 0. The molecule has 2 aromatic heterocycles. The largest absolute Gasteiger partial charge is 0.369 e. The highest BCUT2D eigenvalue weighted by atomic mass is 15.2. The maximum Gasteiger partial charge on any atom is 0.201 e. The molecule has 0 atom stereocenters. The standard InChI is InChI=1S/C15H16N4/c1-9-6-10(7-9)19-14-11-4-2-3-5-12(11)17-8-13(14)18-15(19)16/h2-5,8-10H,6-7H2,1H3,(H2,16,18). The van der Waals surface area contributed by atoms with E-state index in [0.717, 1.165) is 27.9 Å². The number of anilines is 1. The molecule has 3 aromatic rings. The summed E-state index contributed by atoms with van der Waals surface area (Å²) in [6.07, 6.45) is 4.20. The Hall–Kier alpha value is -2.10. The fraction of sp³-hybridized carbons (Fsp3) is 0.333. The van der Waals surface area contributed by atoms with Crippen molar-refractivity contribution < 1.29 is 0 Å². The van der Waals surface area contributed by atoms with E-state index in [1.54, 1.807) is 0 Å². The minimum atomic E-state index is 0.491. The van der Waals surface area contributed by atoms with Crippen LogP contribution in [0.5, 0.6) is 0 Å². The molecule has 1 fully saturated rings. The van der Waals surface area contributed by atoms with Crippen molar-refractivity contribution in [3.63, 3.8) is 0 Å². The number of nitrogens with two attached hydrogens (primary N) is 1. The Morgan fingerprint density at radius 1 is 1.21 bits per heavy atom. The lowest BCUT2D eigenvalue weighted by atomic mass is 9.81. The number of nitrogens with zero attached hydrogens (tertiary/aromatic N) is 3. The monoisotopic (exact) mass is 252 g/mol. The van der Waals surface area contributed by atoms with Crippen molar-refractivity contribution in [3.8, 4) is 0 Å². The van der Waals surface area contributed by atoms with Crippen LogP contribution >= 0.6 is 0 Å². The first-order valence-corrected chi connectivity index (χ1v) is 6.75. The molecule has 4 heteroatoms. The lowest BCUT2D eigenvalue weighted by Gasteiger charge is -2.34. The number of benzene rings is 1. The quantitative estimate of drug-likeness (QED) is 0.723. The Morgan fingerprint density at radius 2 is 2.00 bits per heavy atom. The number of hydrogen-bond acceptors (Lipinski definition) is 3. The second kappa shape index (κ2) is 3.70. The van der Waals surface area contributed by atoms with Crippen molar-refractivity contribution in [2.45, 2.75) is 25.8 Å². The summed E-state index contributed by atoms with van der Waals surface area (Å²) in [4.78, 5) is 8.92. The van der Waals surface area contributed by atoms with Crippen molar-refractivity contribution in [1.82, 2.24) is 14.5 Å². The predicted octanol–water partition coefficient (Wildman–Crippen LogP) is 3.14. The summed E-state index contributed by atoms with van der Waals surface area (Å²) in [5, 5.41) is 1.14. The molecule has 2 N–H and O–H groups in total. The molecule has 0 amide bonds. The maximum atomic E-state index is 6.12. The molecule has 1 aromatic carbocycles. The minimum absolute atomic E-state index is 0.491. The third-order valence-electron chi connectivity index (χ3n) is 4.16. The van der Waals surface area contributed by atoms with Gasteiger partial charge in [-0.2, -0.15) is 0 Å². The number of fused-ring (bicyclic) bond motifs is 3. The number of para-hydroxylation sites is 1. The number of hydrogen-bond donors (Lipinski definition) is 1. The molecule has 0 saturated heterocycles. The van der Waals surface area contributed by atoms with E-state index in [-0.39, 0.29) is 0 Å². The van der Waals surface area contributed by atoms with E-state index < -0.39 is 0 Å². The second-order valence-electron chi connectivity index (χ2n) is 5.58. The lowest BCUT2D eigenvalue weighted by Crippen LogP contribution is -2.25. The molecule has 4 nitrogen and oxygen atoms in total. The van der Waals surface area contributed by atoms with Crippen LogP contribution in [0.4, 0.5) is 5.95 Å². The normalized spacial score (nSPS) is 22.8. The molecular weight excluding hydrogens is 236 g/mol. The van der Waals surface area contributed by atoms with Crippen molar-refractivity contribution in [2.24, 2.45) is 5.92 Å². The molecule has 96 valence electrons. The van der Waals surface area contributed by atoms with Crippen LogP contribution < -0.4 is 5.73 Å². The Labute approximate surface area is 111 Å². The van der Waals surface area contributed by atoms with E-state index in [4.69, 9.17) is 5.73 Å². The van der Waals surface area contributed by atoms with E-state index in [1.165, 1.54) is 12.8 Å². The first kappa shape index (κ1) is 10.8. The van der Waals surface area contributed by atoms with E-state index in [1.807, 2.05) is 24.4 Å². The van der Waals surface area contributed by atoms with Crippen molar-refractivity contribution >= 4 is 27.9 Å². The highest BCUT2D eigenvalue weighted by Crippen LogP contribution is 2.41. The van der Waals surface area contributed by atoms with Gasteiger partial charge in [0.15, 0.2) is 0 Å². The van der Waals surface area contributed by atoms with Gasteiger partial charge in [-0.1, -0.05) is 25.1 Å². The molecule has 1 saturated carbocycles. The minimum Gasteiger partial charge on any atom is -0.369 e. The molecule has 4 rings (SSSR count). The highest BCUT2D eigenvalue weighted by Gasteiger charge is 2.30. The summed E-state index contributed by atoms with van der Waals surface area (Å²) >= 11 is 0. The molecule has 1 aliphatic rings. The van der Waals surface area contributed by atoms with E-state index in [2.05, 4.69) is 27.5 Å². The summed E-state index contributed by atoms with van der Waals surface area (Å²) < 4.78 is 2.21. The van der Waals surface area contributed by atoms with Crippen molar-refractivity contribution in [3.05, 3.63) is 30.5 Å². The summed E-state index contributed by atoms with van der Waals surface area (Å²) in [5.74, 6) is 1.40. The smallest absolute Gasteiger partial charge is 0.201 e. The summed E-state index contributed by atoms with van der Waals surface area (Å²) in [5.41, 5.74) is 9.17. The van der Waals surface area contributed by atoms with E-state index in [0.29, 0.717) is 12.0 Å². The SMILES string of the molecule is CC1CC(n2c(N)nc3cnc4ccccc4c32)C1. The van der Waals surface area contributed by atoms with Crippen molar-refractivity contribution in [1.29, 1.82) is 0 Å². The number of pyridine rings is 1. The molecule has 0 bridgehead atoms. The molecule has 0 aliphatic heterocycles. The number of imidazole rings is 1. The Bertz CT molecular complexity index is 768. The lowest BCUT2D eigenvalue weighted by molar-refractivity contribution is 0.223. The van der Waals surface area contributed by atoms with Gasteiger partial charge in [0.05, 0.1) is 17.2 Å². The van der Waals surface area contributed by atoms with Gasteiger partial charge < -0.3 is 10.3 Å². The van der Waals surface area contributed by atoms with Crippen LogP contribution in [-0.2, 0) is 0 Å². The first-order valence-electron chi connectivity index (χ1n) is 6.75. The number of nitrogen functional groups attached to an aromatic ring is 1. The topological polar surface area (TPSA) is 56.7 Å². The Balaban J connectivity index is 2.05. The fourth-order valence-electron chi connectivity index (χ4n) is 3.18. The zero-order chi connectivity index (χ0) is 13.0. The van der Waals surface area contributed by atoms with Crippen LogP contribution in [0.2, 0.25) is 0 Å². The van der Waals surface area contributed by atoms with Gasteiger partial charge in [-0.05, 0) is 24.8 Å². The average molecular weight is 252 g/mol. The zero-order valence-corrected chi connectivity index (χ0v) is 10.9. The second-order valence-corrected chi connectivity index (χ2v) is 5.58. The first-order chi connectivity index (χ1) is 9.24. The molecule has 19 heavy (non-hydrogen) atoms. The molecule has 0 radical (unpaired) electrons. The predicted molar refractivity (Wildman–Crippen MR) is 76.9 cm³/mol. The van der Waals surface area contributed by atoms with Gasteiger partial charge >= 0.3 is 0 Å². The van der Waals surface area contributed by atoms with Gasteiger partial charge in [-0.3, -0.25) is 4.98 Å². The molecular formula is C15H16N4. The summed E-state index contributed by atoms with van der Waals surface area (Å²) in [6, 6.07) is 8.68. The van der Waals surface area contributed by atoms with Gasteiger partial charge in [-0.15, -0.1) is 0 Å². The molecule has 1 aliphatic carbocycles. The molecule has 2 heterocycles. The van der Waals surface area contributed by atoms with Crippen LogP contribution in [0.15, 0.2) is 30.5 Å². The van der Waals surface area contributed by atoms with Gasteiger partial charge in [0, 0.05) is 11.4 Å². The third-order valence-corrected chi connectivity index (χ3v) is 4.16. The number of aromatic nitrogens is 3. The van der Waals surface area contributed by atoms with Crippen LogP contribution in [0.25, 0.3) is 21.9 Å². The van der Waals surface area contributed by atoms with E-state index in [9.17, 15) is 0 Å².